The molecule has 0 atom stereocenters. The van der Waals surface area contributed by atoms with Crippen LogP contribution in [-0.2, 0) is 0 Å². The molecule has 84 valence electrons. The number of hydrogen-bond donors (Lipinski definition) is 0. The van der Waals surface area contributed by atoms with E-state index >= 15 is 0 Å². The largest absolute Gasteiger partial charge is 0.494 e. The number of carbonyl (C=O) groups is 1. The maximum Gasteiger partial charge on any atom is 0.258 e. The summed E-state index contributed by atoms with van der Waals surface area (Å²) in [6.07, 6.45) is 3.00. The van der Waals surface area contributed by atoms with Gasteiger partial charge in [-0.25, -0.2) is 0 Å². The minimum Gasteiger partial charge on any atom is -0.494 e. The molecule has 5 nitrogen and oxygen atoms in total. The zero-order chi connectivity index (χ0) is 12.0. The molecule has 0 aliphatic rings. The molecular weight excluding hydrogens is 206 g/mol. The van der Waals surface area contributed by atoms with Crippen LogP contribution in [0.15, 0.2) is 18.5 Å². The third-order valence-electron chi connectivity index (χ3n) is 2.17. The van der Waals surface area contributed by atoms with Gasteiger partial charge in [0.2, 0.25) is 0 Å². The summed E-state index contributed by atoms with van der Waals surface area (Å²) in [4.78, 5) is 17.3. The Kier molecular flexibility index (Phi) is 4.28. The van der Waals surface area contributed by atoms with E-state index in [9.17, 15) is 4.79 Å². The smallest absolute Gasteiger partial charge is 0.258 e. The SMILES string of the molecule is CCN(CC#N)C(=O)c1ccncc1OC. The molecule has 0 saturated heterocycles. The van der Waals surface area contributed by atoms with Crippen molar-refractivity contribution < 1.29 is 9.53 Å². The van der Waals surface area contributed by atoms with Crippen molar-refractivity contribution >= 4 is 5.91 Å². The highest BCUT2D eigenvalue weighted by Gasteiger charge is 2.17. The van der Waals surface area contributed by atoms with Crippen molar-refractivity contribution in [3.63, 3.8) is 0 Å². The van der Waals surface area contributed by atoms with Gasteiger partial charge in [-0.1, -0.05) is 0 Å². The van der Waals surface area contributed by atoms with Crippen LogP contribution in [0, 0.1) is 11.3 Å². The first-order valence-electron chi connectivity index (χ1n) is 4.88. The predicted molar refractivity (Wildman–Crippen MR) is 58.0 cm³/mol. The quantitative estimate of drug-likeness (QED) is 0.710. The number of rotatable bonds is 4. The number of carbonyl (C=O) groups excluding carboxylic acids is 1. The second-order valence-electron chi connectivity index (χ2n) is 3.05. The van der Waals surface area contributed by atoms with Gasteiger partial charge in [0, 0.05) is 12.7 Å². The maximum atomic E-state index is 12.0. The normalized spacial score (nSPS) is 9.31. The van der Waals surface area contributed by atoms with Gasteiger partial charge in [0.15, 0.2) is 0 Å². The Labute approximate surface area is 94.3 Å². The molecule has 0 aliphatic heterocycles. The molecule has 0 radical (unpaired) electrons. The molecule has 1 heterocycles. The van der Waals surface area contributed by atoms with Gasteiger partial charge in [-0.15, -0.1) is 0 Å². The lowest BCUT2D eigenvalue weighted by Gasteiger charge is -2.18. The molecule has 1 aromatic rings. The lowest BCUT2D eigenvalue weighted by molar-refractivity contribution is 0.0780. The number of pyridine rings is 1. The molecule has 0 aromatic carbocycles. The van der Waals surface area contributed by atoms with Crippen LogP contribution in [0.5, 0.6) is 5.75 Å². The summed E-state index contributed by atoms with van der Waals surface area (Å²) >= 11 is 0. The topological polar surface area (TPSA) is 66.2 Å². The highest BCUT2D eigenvalue weighted by atomic mass is 16.5. The Hall–Kier alpha value is -2.09. The zero-order valence-corrected chi connectivity index (χ0v) is 9.30. The van der Waals surface area contributed by atoms with Crippen molar-refractivity contribution in [2.75, 3.05) is 20.2 Å². The van der Waals surface area contributed by atoms with Gasteiger partial charge in [-0.05, 0) is 13.0 Å². The van der Waals surface area contributed by atoms with E-state index in [1.165, 1.54) is 24.4 Å². The number of nitrogens with zero attached hydrogens (tertiary/aromatic N) is 3. The minimum absolute atomic E-state index is 0.0702. The Bertz CT molecular complexity index is 412. The van der Waals surface area contributed by atoms with Crippen LogP contribution >= 0.6 is 0 Å². The lowest BCUT2D eigenvalue weighted by Crippen LogP contribution is -2.31. The molecule has 0 unspecified atom stereocenters. The molecule has 0 saturated carbocycles. The van der Waals surface area contributed by atoms with Gasteiger partial charge >= 0.3 is 0 Å². The number of hydrogen-bond acceptors (Lipinski definition) is 4. The van der Waals surface area contributed by atoms with Crippen LogP contribution in [0.1, 0.15) is 17.3 Å². The highest BCUT2D eigenvalue weighted by Crippen LogP contribution is 2.17. The third kappa shape index (κ3) is 2.48. The second-order valence-corrected chi connectivity index (χ2v) is 3.05. The van der Waals surface area contributed by atoms with Crippen molar-refractivity contribution in [1.29, 1.82) is 5.26 Å². The fourth-order valence-electron chi connectivity index (χ4n) is 1.30. The van der Waals surface area contributed by atoms with Crippen LogP contribution in [0.2, 0.25) is 0 Å². The van der Waals surface area contributed by atoms with E-state index < -0.39 is 0 Å². The van der Waals surface area contributed by atoms with Crippen molar-refractivity contribution in [2.45, 2.75) is 6.92 Å². The first-order chi connectivity index (χ1) is 7.74. The van der Waals surface area contributed by atoms with Crippen molar-refractivity contribution in [3.8, 4) is 11.8 Å². The van der Waals surface area contributed by atoms with Crippen LogP contribution in [-0.4, -0.2) is 36.0 Å². The van der Waals surface area contributed by atoms with Gasteiger partial charge in [0.05, 0.1) is 24.9 Å². The van der Waals surface area contributed by atoms with E-state index in [1.54, 1.807) is 6.07 Å². The molecule has 1 rings (SSSR count). The van der Waals surface area contributed by atoms with E-state index in [4.69, 9.17) is 10.00 Å². The fraction of sp³-hybridized carbons (Fsp3) is 0.364. The fourth-order valence-corrected chi connectivity index (χ4v) is 1.30. The Balaban J connectivity index is 2.99. The van der Waals surface area contributed by atoms with E-state index in [-0.39, 0.29) is 12.5 Å². The number of ether oxygens (including phenoxy) is 1. The van der Waals surface area contributed by atoms with Crippen LogP contribution in [0.25, 0.3) is 0 Å². The molecule has 16 heavy (non-hydrogen) atoms. The molecule has 0 fully saturated rings. The average molecular weight is 219 g/mol. The summed E-state index contributed by atoms with van der Waals surface area (Å²) in [5.41, 5.74) is 0.426. The van der Waals surface area contributed by atoms with Crippen LogP contribution in [0.3, 0.4) is 0 Å². The van der Waals surface area contributed by atoms with Crippen molar-refractivity contribution in [1.82, 2.24) is 9.88 Å². The highest BCUT2D eigenvalue weighted by molar-refractivity contribution is 5.96. The molecular formula is C11H13N3O2. The summed E-state index contributed by atoms with van der Waals surface area (Å²) < 4.78 is 5.05. The van der Waals surface area contributed by atoms with Gasteiger partial charge in [-0.3, -0.25) is 9.78 Å². The van der Waals surface area contributed by atoms with Crippen LogP contribution < -0.4 is 4.74 Å². The standard InChI is InChI=1S/C11H13N3O2/c1-3-14(7-5-12)11(15)9-4-6-13-8-10(9)16-2/h4,6,8H,3,7H2,1-2H3. The number of nitriles is 1. The molecule has 0 bridgehead atoms. The number of aromatic nitrogens is 1. The van der Waals surface area contributed by atoms with Gasteiger partial charge in [0.1, 0.15) is 12.3 Å². The maximum absolute atomic E-state index is 12.0. The van der Waals surface area contributed by atoms with Crippen LogP contribution in [0.4, 0.5) is 0 Å². The summed E-state index contributed by atoms with van der Waals surface area (Å²) in [6.45, 7) is 2.38. The first-order valence-corrected chi connectivity index (χ1v) is 4.88. The summed E-state index contributed by atoms with van der Waals surface area (Å²) in [5.74, 6) is 0.201. The van der Waals surface area contributed by atoms with E-state index in [0.717, 1.165) is 0 Å². The number of methoxy groups -OCH3 is 1. The van der Waals surface area contributed by atoms with E-state index in [0.29, 0.717) is 17.9 Å². The Morgan fingerprint density at radius 1 is 1.69 bits per heavy atom. The Morgan fingerprint density at radius 2 is 2.44 bits per heavy atom. The molecule has 5 heteroatoms. The predicted octanol–water partition coefficient (Wildman–Crippen LogP) is 1.08. The third-order valence-corrected chi connectivity index (χ3v) is 2.17. The average Bonchev–Trinajstić information content (AvgIpc) is 2.35. The number of amides is 1. The van der Waals surface area contributed by atoms with Gasteiger partial charge in [-0.2, -0.15) is 5.26 Å². The van der Waals surface area contributed by atoms with Crippen molar-refractivity contribution in [3.05, 3.63) is 24.0 Å². The molecule has 1 amide bonds. The minimum atomic E-state index is -0.219. The zero-order valence-electron chi connectivity index (χ0n) is 9.30. The molecule has 0 spiro atoms. The first kappa shape index (κ1) is 12.0. The molecule has 0 aliphatic carbocycles. The second kappa shape index (κ2) is 5.71. The Morgan fingerprint density at radius 3 is 3.00 bits per heavy atom. The van der Waals surface area contributed by atoms with E-state index in [2.05, 4.69) is 4.98 Å². The van der Waals surface area contributed by atoms with Gasteiger partial charge in [0.25, 0.3) is 5.91 Å². The summed E-state index contributed by atoms with van der Waals surface area (Å²) in [5, 5.41) is 8.60. The van der Waals surface area contributed by atoms with Gasteiger partial charge < -0.3 is 9.64 Å². The molecule has 0 N–H and O–H groups in total. The van der Waals surface area contributed by atoms with E-state index in [1.807, 2.05) is 13.0 Å². The monoisotopic (exact) mass is 219 g/mol. The summed E-state index contributed by atoms with van der Waals surface area (Å²) in [6, 6.07) is 3.54. The summed E-state index contributed by atoms with van der Waals surface area (Å²) in [7, 11) is 1.48. The lowest BCUT2D eigenvalue weighted by atomic mass is 10.2. The van der Waals surface area contributed by atoms with Crippen molar-refractivity contribution in [2.24, 2.45) is 0 Å². The molecule has 1 aromatic heterocycles.